The van der Waals surface area contributed by atoms with Gasteiger partial charge in [-0.2, -0.15) is 8.75 Å². The van der Waals surface area contributed by atoms with Crippen molar-refractivity contribution in [2.45, 2.75) is 0 Å². The first-order valence-electron chi connectivity index (χ1n) is 5.84. The van der Waals surface area contributed by atoms with Gasteiger partial charge in [0, 0.05) is 28.4 Å². The fourth-order valence-corrected chi connectivity index (χ4v) is 2.65. The third-order valence-electron chi connectivity index (χ3n) is 2.99. The van der Waals surface area contributed by atoms with Gasteiger partial charge in [-0.05, 0) is 0 Å². The Hall–Kier alpha value is -1.13. The van der Waals surface area contributed by atoms with Gasteiger partial charge in [0.2, 0.25) is 0 Å². The zero-order chi connectivity index (χ0) is 15.6. The number of halogens is 2. The van der Waals surface area contributed by atoms with Gasteiger partial charge >= 0.3 is 14.2 Å². The highest BCUT2D eigenvalue weighted by atomic mass is 32.1. The predicted octanol–water partition coefficient (Wildman–Crippen LogP) is -0.0545. The smallest absolute Gasteiger partial charge is 0.410 e. The molecule has 2 rings (SSSR count). The van der Waals surface area contributed by atoms with Crippen molar-refractivity contribution in [1.82, 2.24) is 8.75 Å². The van der Waals surface area contributed by atoms with Crippen LogP contribution in [0.15, 0.2) is 0 Å². The van der Waals surface area contributed by atoms with Gasteiger partial charge in [-0.25, -0.2) is 8.78 Å². The zero-order valence-electron chi connectivity index (χ0n) is 11.8. The van der Waals surface area contributed by atoms with E-state index in [-0.39, 0.29) is 22.0 Å². The summed E-state index contributed by atoms with van der Waals surface area (Å²) in [6.07, 6.45) is 0. The third-order valence-corrected chi connectivity index (χ3v) is 3.52. The monoisotopic (exact) mass is 316 g/mol. The fourth-order valence-electron chi connectivity index (χ4n) is 2.08. The normalized spacial score (nSPS) is 11.1. The maximum atomic E-state index is 14.4. The Morgan fingerprint density at radius 3 is 1.38 bits per heavy atom. The zero-order valence-corrected chi connectivity index (χ0v) is 12.7. The van der Waals surface area contributed by atoms with Crippen LogP contribution < -0.4 is 10.9 Å². The minimum atomic E-state index is -1.13. The number of benzene rings is 1. The van der Waals surface area contributed by atoms with E-state index in [1.54, 1.807) is 0 Å². The average molecular weight is 316 g/mol. The van der Waals surface area contributed by atoms with Crippen molar-refractivity contribution in [3.8, 4) is 0 Å². The molecule has 0 saturated heterocycles. The summed E-state index contributed by atoms with van der Waals surface area (Å²) in [4.78, 5) is 0. The highest BCUT2D eigenvalue weighted by Crippen LogP contribution is 2.16. The molecule has 2 aromatic rings. The Bertz CT molecular complexity index is 585. The fraction of sp³-hybridized carbons (Fsp3) is 0.400. The van der Waals surface area contributed by atoms with E-state index >= 15 is 0 Å². The first kappa shape index (κ1) is 16.2. The molecule has 0 spiro atoms. The van der Waals surface area contributed by atoms with Crippen LogP contribution in [0.1, 0.15) is 0 Å². The first-order valence-corrected chi connectivity index (χ1v) is 6.57. The van der Waals surface area contributed by atoms with Gasteiger partial charge in [0.1, 0.15) is 11.0 Å². The van der Waals surface area contributed by atoms with Crippen molar-refractivity contribution in [3.05, 3.63) is 11.6 Å². The average Bonchev–Trinajstić information content (AvgIpc) is 2.96. The summed E-state index contributed by atoms with van der Waals surface area (Å²) >= 11 is 0.820. The van der Waals surface area contributed by atoms with Crippen molar-refractivity contribution in [3.63, 3.8) is 0 Å². The summed E-state index contributed by atoms with van der Waals surface area (Å²) in [5, 5.41) is 0. The molecule has 0 aliphatic rings. The minimum Gasteiger partial charge on any atom is -0.410 e. The van der Waals surface area contributed by atoms with Crippen molar-refractivity contribution in [2.75, 3.05) is 28.4 Å². The van der Waals surface area contributed by atoms with E-state index in [1.165, 1.54) is 28.4 Å². The van der Waals surface area contributed by atoms with E-state index in [9.17, 15) is 8.78 Å². The van der Waals surface area contributed by atoms with E-state index < -0.39 is 25.9 Å². The molecular formula is C10H12B2F2N2O4S. The summed E-state index contributed by atoms with van der Waals surface area (Å²) in [5.74, 6) is -2.25. The van der Waals surface area contributed by atoms with Crippen molar-refractivity contribution < 1.29 is 27.4 Å². The van der Waals surface area contributed by atoms with Crippen LogP contribution in [0, 0.1) is 11.6 Å². The van der Waals surface area contributed by atoms with Crippen LogP contribution >= 0.6 is 11.7 Å². The summed E-state index contributed by atoms with van der Waals surface area (Å²) < 4.78 is 56.8. The number of aromatic nitrogens is 2. The lowest BCUT2D eigenvalue weighted by Gasteiger charge is -2.15. The second kappa shape index (κ2) is 6.75. The quantitative estimate of drug-likeness (QED) is 0.696. The molecular weight excluding hydrogens is 304 g/mol. The highest BCUT2D eigenvalue weighted by molar-refractivity contribution is 7.00. The van der Waals surface area contributed by atoms with Crippen LogP contribution in [0.25, 0.3) is 11.0 Å². The molecule has 0 N–H and O–H groups in total. The van der Waals surface area contributed by atoms with Crippen molar-refractivity contribution in [1.29, 1.82) is 0 Å². The Labute approximate surface area is 125 Å². The molecule has 11 heteroatoms. The molecule has 0 amide bonds. The van der Waals surface area contributed by atoms with E-state index in [0.29, 0.717) is 0 Å². The highest BCUT2D eigenvalue weighted by Gasteiger charge is 2.36. The Morgan fingerprint density at radius 2 is 1.10 bits per heavy atom. The van der Waals surface area contributed by atoms with Crippen LogP contribution in [0.2, 0.25) is 0 Å². The Balaban J connectivity index is 2.79. The number of hydrogen-bond acceptors (Lipinski definition) is 7. The van der Waals surface area contributed by atoms with E-state index in [0.717, 1.165) is 11.7 Å². The van der Waals surface area contributed by atoms with Crippen molar-refractivity contribution in [2.24, 2.45) is 0 Å². The molecule has 0 aliphatic heterocycles. The molecule has 1 aromatic carbocycles. The molecule has 0 bridgehead atoms. The number of fused-ring (bicyclic) bond motifs is 1. The Kier molecular flexibility index (Phi) is 5.22. The van der Waals surface area contributed by atoms with E-state index in [1.807, 2.05) is 0 Å². The van der Waals surface area contributed by atoms with Crippen LogP contribution in [0.5, 0.6) is 0 Å². The van der Waals surface area contributed by atoms with Crippen molar-refractivity contribution >= 4 is 47.9 Å². The van der Waals surface area contributed by atoms with E-state index in [4.69, 9.17) is 18.6 Å². The van der Waals surface area contributed by atoms with Crippen LogP contribution in [0.4, 0.5) is 8.78 Å². The predicted molar refractivity (Wildman–Crippen MR) is 76.1 cm³/mol. The van der Waals surface area contributed by atoms with Gasteiger partial charge in [0.15, 0.2) is 11.6 Å². The molecule has 0 radical (unpaired) electrons. The molecule has 0 aliphatic carbocycles. The summed E-state index contributed by atoms with van der Waals surface area (Å²) in [7, 11) is 3.08. The SMILES string of the molecule is COB(OC)c1c(F)c(F)c(B(OC)OC)c2nsnc12. The third kappa shape index (κ3) is 2.67. The second-order valence-electron chi connectivity index (χ2n) is 4.02. The second-order valence-corrected chi connectivity index (χ2v) is 4.55. The molecule has 1 heterocycles. The van der Waals surface area contributed by atoms with Crippen LogP contribution in [0.3, 0.4) is 0 Å². The number of nitrogens with zero attached hydrogens (tertiary/aromatic N) is 2. The Morgan fingerprint density at radius 1 is 0.762 bits per heavy atom. The van der Waals surface area contributed by atoms with Gasteiger partial charge in [0.25, 0.3) is 0 Å². The lowest BCUT2D eigenvalue weighted by molar-refractivity contribution is 0.288. The largest absolute Gasteiger partial charge is 0.498 e. The first-order chi connectivity index (χ1) is 10.1. The molecule has 0 saturated carbocycles. The molecule has 112 valence electrons. The summed E-state index contributed by atoms with van der Waals surface area (Å²) in [6, 6.07) is 0. The molecule has 0 atom stereocenters. The lowest BCUT2D eigenvalue weighted by Crippen LogP contribution is -2.45. The molecule has 6 nitrogen and oxygen atoms in total. The molecule has 21 heavy (non-hydrogen) atoms. The summed E-state index contributed by atoms with van der Waals surface area (Å²) in [6.45, 7) is 0. The van der Waals surface area contributed by atoms with Crippen LogP contribution in [-0.4, -0.2) is 51.4 Å². The molecule has 0 unspecified atom stereocenters. The lowest BCUT2D eigenvalue weighted by atomic mass is 9.71. The maximum Gasteiger partial charge on any atom is 0.498 e. The standard InChI is InChI=1S/C10H12B2F2N2O4S/c1-17-11(18-2)5-7(13)8(14)6(12(19-3)20-4)10-9(5)15-21-16-10/h1-4H3. The van der Waals surface area contributed by atoms with Crippen LogP contribution in [-0.2, 0) is 18.6 Å². The van der Waals surface area contributed by atoms with Gasteiger partial charge < -0.3 is 18.6 Å². The number of hydrogen-bond donors (Lipinski definition) is 0. The molecule has 0 fully saturated rings. The minimum absolute atomic E-state index is 0.143. The van der Waals surface area contributed by atoms with Gasteiger partial charge in [-0.15, -0.1) is 0 Å². The van der Waals surface area contributed by atoms with E-state index in [2.05, 4.69) is 8.75 Å². The van der Waals surface area contributed by atoms with Gasteiger partial charge in [0.05, 0.1) is 22.7 Å². The molecule has 1 aromatic heterocycles. The summed E-state index contributed by atoms with van der Waals surface area (Å²) in [5.41, 5.74) is 0.0234. The number of rotatable bonds is 6. The maximum absolute atomic E-state index is 14.4. The topological polar surface area (TPSA) is 62.7 Å². The van der Waals surface area contributed by atoms with Gasteiger partial charge in [-0.1, -0.05) is 0 Å². The van der Waals surface area contributed by atoms with Gasteiger partial charge in [-0.3, -0.25) is 0 Å².